The van der Waals surface area contributed by atoms with Crippen molar-refractivity contribution in [2.45, 2.75) is 40.0 Å². The SMILES string of the molecule is C.CC(=O)OCl.COC(=O)N1CCC[C@H](C(=O)Nc2ccc(Cl)c(F)c2)C1.O=C(Nc1ccc(Cl)c(F)c1)[C@H]1CCCNC1. The molecule has 10 nitrogen and oxygen atoms in total. The summed E-state index contributed by atoms with van der Waals surface area (Å²) >= 11 is 15.6. The maximum absolute atomic E-state index is 13.3. The van der Waals surface area contributed by atoms with Gasteiger partial charge in [-0.25, -0.2) is 13.6 Å². The minimum absolute atomic E-state index is 0. The van der Waals surface area contributed by atoms with Crippen LogP contribution in [0.15, 0.2) is 36.4 Å². The van der Waals surface area contributed by atoms with E-state index in [2.05, 4.69) is 36.8 Å². The molecule has 2 saturated heterocycles. The van der Waals surface area contributed by atoms with Gasteiger partial charge >= 0.3 is 12.1 Å². The number of carbonyl (C=O) groups is 4. The van der Waals surface area contributed by atoms with Gasteiger partial charge in [-0.05, 0) is 68.6 Å². The third-order valence-electron chi connectivity index (χ3n) is 6.38. The molecule has 3 N–H and O–H groups in total. The Balaban J connectivity index is 0.000000380. The van der Waals surface area contributed by atoms with Crippen molar-refractivity contribution in [3.05, 3.63) is 58.1 Å². The molecule has 0 saturated carbocycles. The number of methoxy groups -OCH3 is 1. The maximum atomic E-state index is 13.3. The van der Waals surface area contributed by atoms with Crippen molar-refractivity contribution in [3.8, 4) is 0 Å². The first-order valence-corrected chi connectivity index (χ1v) is 14.4. The van der Waals surface area contributed by atoms with E-state index in [4.69, 9.17) is 23.2 Å². The zero-order chi connectivity index (χ0) is 31.9. The summed E-state index contributed by atoms with van der Waals surface area (Å²) in [5.41, 5.74) is 0.791. The number of hydrogen-bond donors (Lipinski definition) is 3. The van der Waals surface area contributed by atoms with E-state index in [1.165, 1.54) is 49.3 Å². The van der Waals surface area contributed by atoms with E-state index in [9.17, 15) is 28.0 Å². The Labute approximate surface area is 270 Å². The standard InChI is InChI=1S/C14H16ClFN2O3.C12H14ClFN2O.C2H3ClO2.CH4/c1-21-14(20)18-6-2-3-9(8-18)13(19)17-10-4-5-11(15)12(16)7-10;13-10-4-3-9(6-11(10)14)16-12(17)8-2-1-5-15-7-8;1-2(4)5-3;/h4-5,7,9H,2-3,6,8H2,1H3,(H,17,19);3-4,6,8,15H,1-2,5,7H2,(H,16,17);1H3;1H4/t9-;8-;;/m00../s1. The Morgan fingerprint density at radius 1 is 0.909 bits per heavy atom. The summed E-state index contributed by atoms with van der Waals surface area (Å²) < 4.78 is 34.7. The molecule has 2 aromatic rings. The van der Waals surface area contributed by atoms with Crippen LogP contribution in [-0.2, 0) is 23.4 Å². The first-order valence-electron chi connectivity index (χ1n) is 13.3. The van der Waals surface area contributed by atoms with Crippen LogP contribution in [0.25, 0.3) is 0 Å². The molecule has 3 amide bonds. The topological polar surface area (TPSA) is 126 Å². The van der Waals surface area contributed by atoms with Crippen LogP contribution >= 0.6 is 35.1 Å². The molecule has 2 atom stereocenters. The van der Waals surface area contributed by atoms with Crippen LogP contribution in [0.3, 0.4) is 0 Å². The van der Waals surface area contributed by atoms with Crippen molar-refractivity contribution in [1.82, 2.24) is 10.2 Å². The van der Waals surface area contributed by atoms with Crippen molar-refractivity contribution < 1.29 is 37.0 Å². The van der Waals surface area contributed by atoms with Gasteiger partial charge < -0.3 is 29.9 Å². The van der Waals surface area contributed by atoms with Crippen LogP contribution in [0.4, 0.5) is 25.0 Å². The summed E-state index contributed by atoms with van der Waals surface area (Å²) in [7, 11) is 1.31. The molecule has 0 radical (unpaired) electrons. The second-order valence-corrected chi connectivity index (χ2v) is 10.6. The minimum Gasteiger partial charge on any atom is -0.453 e. The van der Waals surface area contributed by atoms with Gasteiger partial charge in [-0.2, -0.15) is 0 Å². The monoisotopic (exact) mass is 680 g/mol. The fourth-order valence-electron chi connectivity index (χ4n) is 4.20. The summed E-state index contributed by atoms with van der Waals surface area (Å²) in [4.78, 5) is 46.5. The van der Waals surface area contributed by atoms with Gasteiger partial charge in [0.05, 0.1) is 29.0 Å². The number of likely N-dealkylation sites (tertiary alicyclic amines) is 1. The van der Waals surface area contributed by atoms with Gasteiger partial charge in [0.15, 0.2) is 0 Å². The lowest BCUT2D eigenvalue weighted by atomic mass is 9.97. The van der Waals surface area contributed by atoms with Crippen LogP contribution in [0.1, 0.15) is 40.0 Å². The first kappa shape index (κ1) is 38.8. The number of hydrogen-bond acceptors (Lipinski definition) is 7. The molecular weight excluding hydrogens is 645 g/mol. The molecule has 0 aliphatic carbocycles. The van der Waals surface area contributed by atoms with Crippen LogP contribution in [-0.4, -0.2) is 62.1 Å². The Bertz CT molecular complexity index is 1270. The second kappa shape index (κ2) is 20.0. The number of carbonyl (C=O) groups excluding carboxylic acids is 4. The summed E-state index contributed by atoms with van der Waals surface area (Å²) in [6, 6.07) is 8.35. The van der Waals surface area contributed by atoms with Gasteiger partial charge in [-0.1, -0.05) is 30.6 Å². The Morgan fingerprint density at radius 2 is 1.41 bits per heavy atom. The van der Waals surface area contributed by atoms with Gasteiger partial charge in [0.2, 0.25) is 11.8 Å². The molecule has 2 aliphatic heterocycles. The summed E-state index contributed by atoms with van der Waals surface area (Å²) in [5, 5.41) is 8.57. The average molecular weight is 682 g/mol. The third-order valence-corrected chi connectivity index (χ3v) is 7.21. The van der Waals surface area contributed by atoms with E-state index < -0.39 is 23.7 Å². The van der Waals surface area contributed by atoms with Crippen molar-refractivity contribution in [2.24, 2.45) is 11.8 Å². The minimum atomic E-state index is -0.589. The van der Waals surface area contributed by atoms with Crippen LogP contribution in [0.2, 0.25) is 10.0 Å². The highest BCUT2D eigenvalue weighted by molar-refractivity contribution is 6.31. The van der Waals surface area contributed by atoms with Crippen molar-refractivity contribution >= 4 is 70.3 Å². The first-order chi connectivity index (χ1) is 20.4. The van der Waals surface area contributed by atoms with Gasteiger partial charge in [0.25, 0.3) is 0 Å². The molecule has 4 rings (SSSR count). The fourth-order valence-corrected chi connectivity index (χ4v) is 4.43. The number of ether oxygens (including phenoxy) is 1. The fraction of sp³-hybridized carbons (Fsp3) is 0.448. The number of benzene rings is 2. The van der Waals surface area contributed by atoms with E-state index in [-0.39, 0.29) is 41.1 Å². The van der Waals surface area contributed by atoms with Gasteiger partial charge in [0, 0.05) is 37.9 Å². The molecular formula is C29H37Cl3F2N4O6. The van der Waals surface area contributed by atoms with E-state index in [0.29, 0.717) is 37.4 Å². The zero-order valence-electron chi connectivity index (χ0n) is 23.6. The van der Waals surface area contributed by atoms with Gasteiger partial charge in [0.1, 0.15) is 23.5 Å². The van der Waals surface area contributed by atoms with E-state index in [0.717, 1.165) is 25.8 Å². The molecule has 244 valence electrons. The maximum Gasteiger partial charge on any atom is 0.409 e. The molecule has 2 aromatic carbocycles. The molecule has 0 aromatic heterocycles. The van der Waals surface area contributed by atoms with E-state index in [1.54, 1.807) is 6.07 Å². The van der Waals surface area contributed by atoms with Crippen LogP contribution in [0, 0.1) is 23.5 Å². The number of halogens is 5. The highest BCUT2D eigenvalue weighted by Crippen LogP contribution is 2.23. The predicted molar refractivity (Wildman–Crippen MR) is 167 cm³/mol. The largest absolute Gasteiger partial charge is 0.453 e. The molecule has 0 bridgehead atoms. The number of nitrogens with zero attached hydrogens (tertiary/aromatic N) is 1. The third kappa shape index (κ3) is 13.2. The van der Waals surface area contributed by atoms with Gasteiger partial charge in [-0.15, -0.1) is 0 Å². The molecule has 44 heavy (non-hydrogen) atoms. The Kier molecular flexibility index (Phi) is 17.6. The van der Waals surface area contributed by atoms with Crippen LogP contribution < -0.4 is 16.0 Å². The second-order valence-electron chi connectivity index (χ2n) is 9.60. The number of piperidine rings is 2. The number of anilines is 2. The number of amides is 3. The molecule has 2 fully saturated rings. The normalized spacial score (nSPS) is 17.2. The lowest BCUT2D eigenvalue weighted by Crippen LogP contribution is -2.43. The van der Waals surface area contributed by atoms with Crippen molar-refractivity contribution in [3.63, 3.8) is 0 Å². The average Bonchev–Trinajstić information content (AvgIpc) is 3.01. The lowest BCUT2D eigenvalue weighted by molar-refractivity contribution is -0.131. The Hall–Kier alpha value is -3.19. The van der Waals surface area contributed by atoms with E-state index in [1.807, 2.05) is 0 Å². The van der Waals surface area contributed by atoms with Crippen molar-refractivity contribution in [2.75, 3.05) is 43.9 Å². The quantitative estimate of drug-likeness (QED) is 0.330. The van der Waals surface area contributed by atoms with Crippen molar-refractivity contribution in [1.29, 1.82) is 0 Å². The highest BCUT2D eigenvalue weighted by atomic mass is 35.5. The summed E-state index contributed by atoms with van der Waals surface area (Å²) in [6.07, 6.45) is 2.82. The lowest BCUT2D eigenvalue weighted by Gasteiger charge is -2.30. The van der Waals surface area contributed by atoms with E-state index >= 15 is 0 Å². The number of rotatable bonds is 4. The van der Waals surface area contributed by atoms with Gasteiger partial charge in [-0.3, -0.25) is 14.4 Å². The smallest absolute Gasteiger partial charge is 0.409 e. The molecule has 15 heteroatoms. The zero-order valence-corrected chi connectivity index (χ0v) is 25.8. The molecule has 2 aliphatic rings. The molecule has 2 heterocycles. The number of nitrogens with one attached hydrogen (secondary N) is 3. The predicted octanol–water partition coefficient (Wildman–Crippen LogP) is 6.65. The Morgan fingerprint density at radius 3 is 1.84 bits per heavy atom. The summed E-state index contributed by atoms with van der Waals surface area (Å²) in [5.74, 6) is -2.28. The molecule has 0 spiro atoms. The van der Waals surface area contributed by atoms with Crippen LogP contribution in [0.5, 0.6) is 0 Å². The molecule has 0 unspecified atom stereocenters. The summed E-state index contributed by atoms with van der Waals surface area (Å²) in [6.45, 7) is 3.74. The highest BCUT2D eigenvalue weighted by Gasteiger charge is 2.29.